The summed E-state index contributed by atoms with van der Waals surface area (Å²) in [5, 5.41) is 5.05. The number of carbonyl (C=O) groups excluding carboxylic acids is 2. The second kappa shape index (κ2) is 9.60. The molecule has 1 aromatic heterocycles. The Morgan fingerprint density at radius 2 is 1.77 bits per heavy atom. The van der Waals surface area contributed by atoms with Crippen LogP contribution in [0, 0.1) is 5.92 Å². The van der Waals surface area contributed by atoms with Crippen molar-refractivity contribution in [3.05, 3.63) is 52.3 Å². The van der Waals surface area contributed by atoms with E-state index in [1.54, 1.807) is 37.3 Å². The second-order valence-corrected chi connectivity index (χ2v) is 7.14. The first kappa shape index (κ1) is 23.2. The molecule has 0 radical (unpaired) electrons. The molecule has 0 bridgehead atoms. The van der Waals surface area contributed by atoms with Crippen LogP contribution in [0.15, 0.2) is 41.2 Å². The smallest absolute Gasteiger partial charge is 0.381 e. The number of benzene rings is 1. The van der Waals surface area contributed by atoms with Crippen LogP contribution in [0.4, 0.5) is 18.9 Å². The van der Waals surface area contributed by atoms with Gasteiger partial charge in [0.2, 0.25) is 5.91 Å². The van der Waals surface area contributed by atoms with E-state index >= 15 is 0 Å². The predicted octanol–water partition coefficient (Wildman–Crippen LogP) is 3.29. The van der Waals surface area contributed by atoms with Gasteiger partial charge in [-0.15, -0.1) is 0 Å². The summed E-state index contributed by atoms with van der Waals surface area (Å²) in [6, 6.07) is 8.84. The number of Topliss-reactive ketones (excluding diaryl/α,β-unsaturated/α-hetero) is 1. The molecule has 0 saturated carbocycles. The Hall–Kier alpha value is -3.10. The number of pyridine rings is 1. The number of hydrogen-bond donors (Lipinski definition) is 3. The monoisotopic (exact) mass is 423 g/mol. The van der Waals surface area contributed by atoms with Crippen LogP contribution >= 0.6 is 0 Å². The zero-order valence-corrected chi connectivity index (χ0v) is 16.9. The Bertz CT molecular complexity index is 953. The van der Waals surface area contributed by atoms with E-state index in [0.29, 0.717) is 23.4 Å². The van der Waals surface area contributed by atoms with Crippen LogP contribution in [-0.2, 0) is 16.0 Å². The van der Waals surface area contributed by atoms with Crippen molar-refractivity contribution in [2.75, 3.05) is 11.9 Å². The number of carbonyl (C=O) groups is 2. The SMILES string of the molecule is CCNc1c(CC(=O)NC(C(=O)C(F)(F)F)C(C)C)cc(-c2ccccc2)[nH]c1=O. The molecule has 2 aromatic rings. The maximum atomic E-state index is 12.8. The summed E-state index contributed by atoms with van der Waals surface area (Å²) in [6.45, 7) is 5.01. The number of nitrogens with one attached hydrogen (secondary N) is 3. The zero-order chi connectivity index (χ0) is 22.5. The van der Waals surface area contributed by atoms with Gasteiger partial charge in [0, 0.05) is 12.2 Å². The molecule has 0 aliphatic rings. The van der Waals surface area contributed by atoms with Gasteiger partial charge in [-0.3, -0.25) is 14.4 Å². The van der Waals surface area contributed by atoms with Crippen LogP contribution < -0.4 is 16.2 Å². The Balaban J connectivity index is 2.35. The molecule has 162 valence electrons. The van der Waals surface area contributed by atoms with E-state index in [0.717, 1.165) is 0 Å². The van der Waals surface area contributed by atoms with Crippen LogP contribution in [0.25, 0.3) is 11.3 Å². The van der Waals surface area contributed by atoms with Gasteiger partial charge in [0.15, 0.2) is 0 Å². The highest BCUT2D eigenvalue weighted by Gasteiger charge is 2.44. The van der Waals surface area contributed by atoms with Crippen molar-refractivity contribution >= 4 is 17.4 Å². The lowest BCUT2D eigenvalue weighted by Gasteiger charge is -2.22. The molecule has 0 aliphatic carbocycles. The lowest BCUT2D eigenvalue weighted by atomic mass is 9.98. The summed E-state index contributed by atoms with van der Waals surface area (Å²) >= 11 is 0. The molecule has 6 nitrogen and oxygen atoms in total. The molecular weight excluding hydrogens is 399 g/mol. The Morgan fingerprint density at radius 3 is 2.30 bits per heavy atom. The normalized spacial score (nSPS) is 12.5. The number of ketones is 1. The number of halogens is 3. The van der Waals surface area contributed by atoms with Crippen molar-refractivity contribution < 1.29 is 22.8 Å². The lowest BCUT2D eigenvalue weighted by molar-refractivity contribution is -0.174. The van der Waals surface area contributed by atoms with Gasteiger partial charge in [0.25, 0.3) is 11.3 Å². The van der Waals surface area contributed by atoms with Crippen molar-refractivity contribution in [3.8, 4) is 11.3 Å². The standard InChI is InChI=1S/C21H24F3N3O3/c1-4-25-18-14(10-15(26-20(18)30)13-8-6-5-7-9-13)11-16(28)27-17(12(2)3)19(29)21(22,23)24/h5-10,12,17,25H,4,11H2,1-3H3,(H,26,30)(H,27,28). The van der Waals surface area contributed by atoms with E-state index in [2.05, 4.69) is 15.6 Å². The van der Waals surface area contributed by atoms with Gasteiger partial charge in [-0.25, -0.2) is 0 Å². The van der Waals surface area contributed by atoms with Crippen LogP contribution in [0.2, 0.25) is 0 Å². The first-order valence-electron chi connectivity index (χ1n) is 9.50. The van der Waals surface area contributed by atoms with Crippen LogP contribution in [0.5, 0.6) is 0 Å². The van der Waals surface area contributed by atoms with E-state index in [4.69, 9.17) is 0 Å². The van der Waals surface area contributed by atoms with Gasteiger partial charge in [0.1, 0.15) is 5.69 Å². The molecule has 1 aromatic carbocycles. The molecular formula is C21H24F3N3O3. The zero-order valence-electron chi connectivity index (χ0n) is 16.9. The molecule has 1 atom stereocenters. The fraction of sp³-hybridized carbons (Fsp3) is 0.381. The van der Waals surface area contributed by atoms with Gasteiger partial charge in [0.05, 0.1) is 12.5 Å². The van der Waals surface area contributed by atoms with Crippen LogP contribution in [-0.4, -0.2) is 35.4 Å². The van der Waals surface area contributed by atoms with Gasteiger partial charge >= 0.3 is 6.18 Å². The van der Waals surface area contributed by atoms with E-state index < -0.39 is 35.4 Å². The lowest BCUT2D eigenvalue weighted by Crippen LogP contribution is -2.50. The van der Waals surface area contributed by atoms with E-state index in [-0.39, 0.29) is 12.1 Å². The minimum absolute atomic E-state index is 0.163. The Labute approximate surface area is 171 Å². The first-order valence-corrected chi connectivity index (χ1v) is 9.50. The number of hydrogen-bond acceptors (Lipinski definition) is 4. The number of amides is 1. The fourth-order valence-electron chi connectivity index (χ4n) is 3.01. The highest BCUT2D eigenvalue weighted by atomic mass is 19.4. The maximum absolute atomic E-state index is 12.8. The molecule has 2 rings (SSSR count). The van der Waals surface area contributed by atoms with Crippen LogP contribution in [0.1, 0.15) is 26.3 Å². The number of anilines is 1. The fourth-order valence-corrected chi connectivity index (χ4v) is 3.01. The molecule has 0 fully saturated rings. The van der Waals surface area contributed by atoms with Crippen molar-refractivity contribution in [2.45, 2.75) is 39.4 Å². The van der Waals surface area contributed by atoms with Gasteiger partial charge in [-0.1, -0.05) is 44.2 Å². The molecule has 0 aliphatic heterocycles. The molecule has 1 amide bonds. The van der Waals surface area contributed by atoms with Crippen molar-refractivity contribution in [1.29, 1.82) is 0 Å². The first-order chi connectivity index (χ1) is 14.0. The molecule has 9 heteroatoms. The van der Waals surface area contributed by atoms with Crippen molar-refractivity contribution in [1.82, 2.24) is 10.3 Å². The van der Waals surface area contributed by atoms with Crippen LogP contribution in [0.3, 0.4) is 0 Å². The van der Waals surface area contributed by atoms with E-state index in [9.17, 15) is 27.6 Å². The third-order valence-electron chi connectivity index (χ3n) is 4.45. The number of aromatic nitrogens is 1. The number of alkyl halides is 3. The highest BCUT2D eigenvalue weighted by molar-refractivity contribution is 5.93. The minimum atomic E-state index is -5.05. The largest absolute Gasteiger partial charge is 0.452 e. The summed E-state index contributed by atoms with van der Waals surface area (Å²) in [6.07, 6.45) is -5.41. The average Bonchev–Trinajstić information content (AvgIpc) is 2.67. The molecule has 3 N–H and O–H groups in total. The van der Waals surface area contributed by atoms with Gasteiger partial charge < -0.3 is 15.6 Å². The van der Waals surface area contributed by atoms with Crippen molar-refractivity contribution in [2.24, 2.45) is 5.92 Å². The van der Waals surface area contributed by atoms with Gasteiger partial charge in [-0.2, -0.15) is 13.2 Å². The number of H-pyrrole nitrogens is 1. The Morgan fingerprint density at radius 1 is 1.13 bits per heavy atom. The maximum Gasteiger partial charge on any atom is 0.452 e. The summed E-state index contributed by atoms with van der Waals surface area (Å²) < 4.78 is 38.5. The number of aromatic amines is 1. The average molecular weight is 423 g/mol. The van der Waals surface area contributed by atoms with E-state index in [1.165, 1.54) is 13.8 Å². The molecule has 0 spiro atoms. The summed E-state index contributed by atoms with van der Waals surface area (Å²) in [5.74, 6) is -3.54. The molecule has 30 heavy (non-hydrogen) atoms. The summed E-state index contributed by atoms with van der Waals surface area (Å²) in [5.41, 5.74) is 1.21. The topological polar surface area (TPSA) is 91.1 Å². The predicted molar refractivity (Wildman–Crippen MR) is 108 cm³/mol. The minimum Gasteiger partial charge on any atom is -0.381 e. The third kappa shape index (κ3) is 5.71. The molecule has 1 unspecified atom stereocenters. The number of rotatable bonds is 8. The van der Waals surface area contributed by atoms with Crippen molar-refractivity contribution in [3.63, 3.8) is 0 Å². The summed E-state index contributed by atoms with van der Waals surface area (Å²) in [4.78, 5) is 39.4. The van der Waals surface area contributed by atoms with E-state index in [1.807, 2.05) is 6.07 Å². The third-order valence-corrected chi connectivity index (χ3v) is 4.45. The second-order valence-electron chi connectivity index (χ2n) is 7.14. The summed E-state index contributed by atoms with van der Waals surface area (Å²) in [7, 11) is 0. The Kier molecular flexibility index (Phi) is 7.42. The van der Waals surface area contributed by atoms with Gasteiger partial charge in [-0.05, 0) is 30.0 Å². The molecule has 1 heterocycles. The highest BCUT2D eigenvalue weighted by Crippen LogP contribution is 2.23. The molecule has 0 saturated heterocycles. The quantitative estimate of drug-likeness (QED) is 0.608.